The van der Waals surface area contributed by atoms with Crippen molar-refractivity contribution in [1.82, 2.24) is 0 Å². The molecule has 0 aliphatic heterocycles. The molecule has 0 unspecified atom stereocenters. The molecule has 1 aliphatic carbocycles. The predicted octanol–water partition coefficient (Wildman–Crippen LogP) is 1.41. The lowest BCUT2D eigenvalue weighted by molar-refractivity contribution is -0.196. The van der Waals surface area contributed by atoms with Crippen molar-refractivity contribution in [2.24, 2.45) is 11.8 Å². The third-order valence-corrected chi connectivity index (χ3v) is 2.49. The van der Waals surface area contributed by atoms with Gasteiger partial charge >= 0.3 is 12.1 Å². The quantitative estimate of drug-likeness (QED) is 0.690. The van der Waals surface area contributed by atoms with Crippen LogP contribution in [0.1, 0.15) is 19.3 Å². The number of aliphatic hydroxyl groups is 1. The Hall–Kier alpha value is -0.780. The molecule has 3 nitrogen and oxygen atoms in total. The summed E-state index contributed by atoms with van der Waals surface area (Å²) in [6, 6.07) is 0. The second kappa shape index (κ2) is 3.76. The van der Waals surface area contributed by atoms with Gasteiger partial charge in [-0.3, -0.25) is 4.79 Å². The summed E-state index contributed by atoms with van der Waals surface area (Å²) in [7, 11) is 0. The van der Waals surface area contributed by atoms with Crippen LogP contribution in [-0.2, 0) is 4.79 Å². The van der Waals surface area contributed by atoms with Crippen molar-refractivity contribution in [3.63, 3.8) is 0 Å². The number of aliphatic carboxylic acids is 1. The average Bonchev–Trinajstić information content (AvgIpc) is 2.01. The number of halogens is 3. The molecular weight excluding hydrogens is 201 g/mol. The van der Waals surface area contributed by atoms with Gasteiger partial charge in [-0.05, 0) is 19.3 Å². The van der Waals surface area contributed by atoms with Gasteiger partial charge in [0, 0.05) is 0 Å². The summed E-state index contributed by atoms with van der Waals surface area (Å²) in [4.78, 5) is 10.5. The van der Waals surface area contributed by atoms with Crippen molar-refractivity contribution in [3.8, 4) is 0 Å². The molecule has 0 bridgehead atoms. The van der Waals surface area contributed by atoms with Crippen molar-refractivity contribution in [3.05, 3.63) is 0 Å². The third-order valence-electron chi connectivity index (χ3n) is 2.49. The Bertz CT molecular complexity index is 226. The zero-order valence-electron chi connectivity index (χ0n) is 7.29. The molecule has 6 heteroatoms. The SMILES string of the molecule is O=C(O)[C@@H]1C[C@H](O)C[C@H](C(F)(F)F)C1. The number of carbonyl (C=O) groups is 1. The van der Waals surface area contributed by atoms with Crippen molar-refractivity contribution < 1.29 is 28.2 Å². The van der Waals surface area contributed by atoms with E-state index in [0.29, 0.717) is 0 Å². The van der Waals surface area contributed by atoms with Gasteiger partial charge in [0.2, 0.25) is 0 Å². The number of hydrogen-bond donors (Lipinski definition) is 2. The van der Waals surface area contributed by atoms with Gasteiger partial charge in [0.25, 0.3) is 0 Å². The second-order valence-corrected chi connectivity index (χ2v) is 3.63. The first kappa shape index (κ1) is 11.3. The fourth-order valence-electron chi connectivity index (χ4n) is 1.76. The normalized spacial score (nSPS) is 34.1. The molecular formula is C8H11F3O3. The Kier molecular flexibility index (Phi) is 3.04. The van der Waals surface area contributed by atoms with E-state index in [2.05, 4.69) is 0 Å². The molecule has 82 valence electrons. The number of rotatable bonds is 1. The Morgan fingerprint density at radius 2 is 1.79 bits per heavy atom. The summed E-state index contributed by atoms with van der Waals surface area (Å²) in [6.07, 6.45) is -6.45. The van der Waals surface area contributed by atoms with Crippen molar-refractivity contribution in [2.45, 2.75) is 31.5 Å². The number of alkyl halides is 3. The van der Waals surface area contributed by atoms with E-state index in [1.807, 2.05) is 0 Å². The van der Waals surface area contributed by atoms with Gasteiger partial charge in [0.15, 0.2) is 0 Å². The molecule has 0 spiro atoms. The minimum Gasteiger partial charge on any atom is -0.481 e. The van der Waals surface area contributed by atoms with Crippen molar-refractivity contribution in [2.75, 3.05) is 0 Å². The van der Waals surface area contributed by atoms with Crippen LogP contribution >= 0.6 is 0 Å². The first-order valence-corrected chi connectivity index (χ1v) is 4.28. The lowest BCUT2D eigenvalue weighted by atomic mass is 9.79. The van der Waals surface area contributed by atoms with E-state index in [9.17, 15) is 18.0 Å². The first-order chi connectivity index (χ1) is 6.30. The molecule has 14 heavy (non-hydrogen) atoms. The molecule has 1 fully saturated rings. The van der Waals surface area contributed by atoms with Gasteiger partial charge in [0.1, 0.15) is 0 Å². The maximum Gasteiger partial charge on any atom is 0.391 e. The summed E-state index contributed by atoms with van der Waals surface area (Å²) in [5.74, 6) is -4.03. The lowest BCUT2D eigenvalue weighted by Gasteiger charge is -2.31. The van der Waals surface area contributed by atoms with Crippen LogP contribution in [0.15, 0.2) is 0 Å². The lowest BCUT2D eigenvalue weighted by Crippen LogP contribution is -2.37. The molecule has 0 aromatic carbocycles. The molecule has 1 rings (SSSR count). The molecule has 0 aromatic rings. The van der Waals surface area contributed by atoms with E-state index < -0.39 is 36.5 Å². The third kappa shape index (κ3) is 2.60. The van der Waals surface area contributed by atoms with Gasteiger partial charge in [-0.15, -0.1) is 0 Å². The first-order valence-electron chi connectivity index (χ1n) is 4.28. The minimum atomic E-state index is -4.41. The van der Waals surface area contributed by atoms with Crippen LogP contribution in [0, 0.1) is 11.8 Å². The van der Waals surface area contributed by atoms with E-state index in [1.165, 1.54) is 0 Å². The van der Waals surface area contributed by atoms with Crippen molar-refractivity contribution >= 4 is 5.97 Å². The number of hydrogen-bond acceptors (Lipinski definition) is 2. The molecule has 0 saturated heterocycles. The highest BCUT2D eigenvalue weighted by atomic mass is 19.4. The molecule has 0 amide bonds. The molecule has 0 heterocycles. The van der Waals surface area contributed by atoms with Gasteiger partial charge in [-0.1, -0.05) is 0 Å². The van der Waals surface area contributed by atoms with Crippen LogP contribution in [-0.4, -0.2) is 28.5 Å². The molecule has 0 radical (unpaired) electrons. The van der Waals surface area contributed by atoms with Gasteiger partial charge < -0.3 is 10.2 Å². The van der Waals surface area contributed by atoms with E-state index in [4.69, 9.17) is 10.2 Å². The Morgan fingerprint density at radius 3 is 2.21 bits per heavy atom. The van der Waals surface area contributed by atoms with Crippen LogP contribution in [0.3, 0.4) is 0 Å². The van der Waals surface area contributed by atoms with Crippen LogP contribution < -0.4 is 0 Å². The maximum atomic E-state index is 12.2. The second-order valence-electron chi connectivity index (χ2n) is 3.63. The van der Waals surface area contributed by atoms with Crippen LogP contribution in [0.2, 0.25) is 0 Å². The number of aliphatic hydroxyl groups excluding tert-OH is 1. The van der Waals surface area contributed by atoms with Crippen LogP contribution in [0.4, 0.5) is 13.2 Å². The van der Waals surface area contributed by atoms with E-state index in [1.54, 1.807) is 0 Å². The molecule has 2 N–H and O–H groups in total. The standard InChI is InChI=1S/C8H11F3O3/c9-8(10,11)5-1-4(7(13)14)2-6(12)3-5/h4-6,12H,1-3H2,(H,13,14)/t4-,5+,6-/m0/s1. The largest absolute Gasteiger partial charge is 0.481 e. The summed E-state index contributed by atoms with van der Waals surface area (Å²) in [5, 5.41) is 17.7. The van der Waals surface area contributed by atoms with Crippen LogP contribution in [0.5, 0.6) is 0 Å². The van der Waals surface area contributed by atoms with Crippen molar-refractivity contribution in [1.29, 1.82) is 0 Å². The van der Waals surface area contributed by atoms with E-state index >= 15 is 0 Å². The molecule has 3 atom stereocenters. The molecule has 1 saturated carbocycles. The molecule has 0 aromatic heterocycles. The summed E-state index contributed by atoms with van der Waals surface area (Å²) in [6.45, 7) is 0. The average molecular weight is 212 g/mol. The maximum absolute atomic E-state index is 12.2. The molecule has 1 aliphatic rings. The van der Waals surface area contributed by atoms with E-state index in [-0.39, 0.29) is 12.8 Å². The van der Waals surface area contributed by atoms with E-state index in [0.717, 1.165) is 0 Å². The highest BCUT2D eigenvalue weighted by Gasteiger charge is 2.46. The highest BCUT2D eigenvalue weighted by Crippen LogP contribution is 2.39. The van der Waals surface area contributed by atoms with Gasteiger partial charge in [-0.2, -0.15) is 13.2 Å². The van der Waals surface area contributed by atoms with Gasteiger partial charge in [-0.25, -0.2) is 0 Å². The summed E-state index contributed by atoms with van der Waals surface area (Å²) in [5.41, 5.74) is 0. The summed E-state index contributed by atoms with van der Waals surface area (Å²) >= 11 is 0. The highest BCUT2D eigenvalue weighted by molar-refractivity contribution is 5.70. The topological polar surface area (TPSA) is 57.5 Å². The predicted molar refractivity (Wildman–Crippen MR) is 40.5 cm³/mol. The Labute approximate surface area is 78.5 Å². The fourth-order valence-corrected chi connectivity index (χ4v) is 1.76. The fraction of sp³-hybridized carbons (Fsp3) is 0.875. The zero-order chi connectivity index (χ0) is 10.9. The van der Waals surface area contributed by atoms with Crippen LogP contribution in [0.25, 0.3) is 0 Å². The number of carboxylic acids is 1. The smallest absolute Gasteiger partial charge is 0.391 e. The minimum absolute atomic E-state index is 0.0814. The Balaban J connectivity index is 2.68. The van der Waals surface area contributed by atoms with Gasteiger partial charge in [0.05, 0.1) is 17.9 Å². The number of carboxylic acid groups (broad SMARTS) is 1. The monoisotopic (exact) mass is 212 g/mol. The zero-order valence-corrected chi connectivity index (χ0v) is 7.29. The summed E-state index contributed by atoms with van der Waals surface area (Å²) < 4.78 is 36.7. The Morgan fingerprint density at radius 1 is 1.21 bits per heavy atom.